The fourth-order valence-electron chi connectivity index (χ4n) is 1.78. The van der Waals surface area contributed by atoms with E-state index in [4.69, 9.17) is 11.5 Å². The monoisotopic (exact) mass is 220 g/mol. The van der Waals surface area contributed by atoms with Crippen LogP contribution in [0.1, 0.15) is 24.4 Å². The van der Waals surface area contributed by atoms with Crippen LogP contribution in [-0.4, -0.2) is 6.54 Å². The van der Waals surface area contributed by atoms with Crippen molar-refractivity contribution >= 4 is 21.4 Å². The van der Waals surface area contributed by atoms with E-state index in [0.29, 0.717) is 0 Å². The minimum atomic E-state index is 0.129. The van der Waals surface area contributed by atoms with Crippen LogP contribution in [0.15, 0.2) is 29.6 Å². The lowest BCUT2D eigenvalue weighted by Gasteiger charge is -2.09. The summed E-state index contributed by atoms with van der Waals surface area (Å²) >= 11 is 1.76. The van der Waals surface area contributed by atoms with Gasteiger partial charge in [0.15, 0.2) is 0 Å². The molecule has 0 bridgehead atoms. The predicted molar refractivity (Wildman–Crippen MR) is 67.0 cm³/mol. The Morgan fingerprint density at radius 1 is 1.27 bits per heavy atom. The zero-order chi connectivity index (χ0) is 10.7. The molecule has 0 spiro atoms. The molecule has 2 rings (SSSR count). The van der Waals surface area contributed by atoms with E-state index in [2.05, 4.69) is 29.6 Å². The number of hydrogen-bond acceptors (Lipinski definition) is 3. The van der Waals surface area contributed by atoms with Crippen LogP contribution < -0.4 is 11.5 Å². The number of thiophene rings is 1. The second-order valence-corrected chi connectivity index (χ2v) is 4.64. The third-order valence-corrected chi connectivity index (χ3v) is 3.61. The third-order valence-electron chi connectivity index (χ3n) is 2.63. The summed E-state index contributed by atoms with van der Waals surface area (Å²) < 4.78 is 1.32. The molecular formula is C12H16N2S. The summed E-state index contributed by atoms with van der Waals surface area (Å²) in [6, 6.07) is 8.54. The third kappa shape index (κ3) is 2.20. The van der Waals surface area contributed by atoms with E-state index in [1.807, 2.05) is 0 Å². The molecule has 80 valence electrons. The summed E-state index contributed by atoms with van der Waals surface area (Å²) in [5.74, 6) is 0. The van der Waals surface area contributed by atoms with E-state index >= 15 is 0 Å². The van der Waals surface area contributed by atoms with Crippen molar-refractivity contribution in [2.75, 3.05) is 6.54 Å². The van der Waals surface area contributed by atoms with Crippen molar-refractivity contribution in [2.24, 2.45) is 11.5 Å². The molecule has 0 aliphatic heterocycles. The lowest BCUT2D eigenvalue weighted by atomic mass is 10.0. The zero-order valence-corrected chi connectivity index (χ0v) is 9.46. The maximum absolute atomic E-state index is 6.14. The van der Waals surface area contributed by atoms with Gasteiger partial charge < -0.3 is 11.5 Å². The molecule has 0 aliphatic carbocycles. The average Bonchev–Trinajstić information content (AvgIpc) is 2.69. The van der Waals surface area contributed by atoms with Gasteiger partial charge in [0.1, 0.15) is 0 Å². The Morgan fingerprint density at radius 2 is 2.07 bits per heavy atom. The number of nitrogens with two attached hydrogens (primary N) is 2. The largest absolute Gasteiger partial charge is 0.330 e. The van der Waals surface area contributed by atoms with E-state index in [9.17, 15) is 0 Å². The van der Waals surface area contributed by atoms with Crippen molar-refractivity contribution in [3.63, 3.8) is 0 Å². The maximum atomic E-state index is 6.14. The van der Waals surface area contributed by atoms with Crippen LogP contribution in [0.3, 0.4) is 0 Å². The van der Waals surface area contributed by atoms with Crippen molar-refractivity contribution < 1.29 is 0 Å². The molecule has 2 aromatic rings. The van der Waals surface area contributed by atoms with Gasteiger partial charge >= 0.3 is 0 Å². The van der Waals surface area contributed by atoms with E-state index in [0.717, 1.165) is 19.4 Å². The summed E-state index contributed by atoms with van der Waals surface area (Å²) in [5, 5.41) is 3.47. The molecule has 0 saturated heterocycles. The van der Waals surface area contributed by atoms with Crippen LogP contribution in [0, 0.1) is 0 Å². The Hall–Kier alpha value is -0.900. The molecule has 0 saturated carbocycles. The van der Waals surface area contributed by atoms with Crippen LogP contribution in [0.25, 0.3) is 10.1 Å². The molecule has 0 radical (unpaired) electrons. The molecule has 2 nitrogen and oxygen atoms in total. The Kier molecular flexibility index (Phi) is 3.36. The number of hydrogen-bond donors (Lipinski definition) is 2. The molecule has 1 atom stereocenters. The predicted octanol–water partition coefficient (Wildman–Crippen LogP) is 2.64. The van der Waals surface area contributed by atoms with Crippen molar-refractivity contribution in [1.82, 2.24) is 0 Å². The van der Waals surface area contributed by atoms with Crippen LogP contribution >= 0.6 is 11.3 Å². The highest BCUT2D eigenvalue weighted by molar-refractivity contribution is 7.17. The molecule has 1 aromatic heterocycles. The minimum Gasteiger partial charge on any atom is -0.330 e. The highest BCUT2D eigenvalue weighted by atomic mass is 32.1. The second-order valence-electron chi connectivity index (χ2n) is 3.72. The topological polar surface area (TPSA) is 52.0 Å². The van der Waals surface area contributed by atoms with Gasteiger partial charge in [-0.3, -0.25) is 0 Å². The molecule has 0 aliphatic rings. The van der Waals surface area contributed by atoms with Gasteiger partial charge in [-0.05, 0) is 41.8 Å². The summed E-state index contributed by atoms with van der Waals surface area (Å²) in [4.78, 5) is 0. The van der Waals surface area contributed by atoms with Crippen molar-refractivity contribution in [3.8, 4) is 0 Å². The van der Waals surface area contributed by atoms with Crippen LogP contribution in [0.4, 0.5) is 0 Å². The highest BCUT2D eigenvalue weighted by Crippen LogP contribution is 2.30. The molecule has 15 heavy (non-hydrogen) atoms. The lowest BCUT2D eigenvalue weighted by Crippen LogP contribution is -2.11. The van der Waals surface area contributed by atoms with Gasteiger partial charge in [0.2, 0.25) is 0 Å². The summed E-state index contributed by atoms with van der Waals surface area (Å²) in [5.41, 5.74) is 12.9. The van der Waals surface area contributed by atoms with E-state index in [-0.39, 0.29) is 6.04 Å². The molecular weight excluding hydrogens is 204 g/mol. The number of rotatable bonds is 4. The van der Waals surface area contributed by atoms with Gasteiger partial charge in [0.05, 0.1) is 0 Å². The smallest absolute Gasteiger partial charge is 0.0346 e. The molecule has 3 heteroatoms. The quantitative estimate of drug-likeness (QED) is 0.832. The molecule has 0 amide bonds. The first kappa shape index (κ1) is 10.6. The Morgan fingerprint density at radius 3 is 2.87 bits per heavy atom. The van der Waals surface area contributed by atoms with Gasteiger partial charge in [-0.1, -0.05) is 18.2 Å². The number of benzene rings is 1. The SMILES string of the molecule is NCCCC(N)c1csc2ccccc12. The molecule has 1 unspecified atom stereocenters. The summed E-state index contributed by atoms with van der Waals surface area (Å²) in [7, 11) is 0. The first-order valence-electron chi connectivity index (χ1n) is 5.24. The maximum Gasteiger partial charge on any atom is 0.0346 e. The van der Waals surface area contributed by atoms with Crippen LogP contribution in [-0.2, 0) is 0 Å². The highest BCUT2D eigenvalue weighted by Gasteiger charge is 2.10. The fourth-order valence-corrected chi connectivity index (χ4v) is 2.80. The fraction of sp³-hybridized carbons (Fsp3) is 0.333. The van der Waals surface area contributed by atoms with Gasteiger partial charge in [-0.15, -0.1) is 11.3 Å². The Labute approximate surface area is 93.9 Å². The van der Waals surface area contributed by atoms with E-state index < -0.39 is 0 Å². The van der Waals surface area contributed by atoms with Gasteiger partial charge in [-0.25, -0.2) is 0 Å². The second kappa shape index (κ2) is 4.75. The summed E-state index contributed by atoms with van der Waals surface area (Å²) in [6.45, 7) is 0.718. The van der Waals surface area contributed by atoms with Gasteiger partial charge in [-0.2, -0.15) is 0 Å². The molecule has 4 N–H and O–H groups in total. The van der Waals surface area contributed by atoms with Crippen molar-refractivity contribution in [2.45, 2.75) is 18.9 Å². The minimum absolute atomic E-state index is 0.129. The van der Waals surface area contributed by atoms with E-state index in [1.165, 1.54) is 15.6 Å². The lowest BCUT2D eigenvalue weighted by molar-refractivity contribution is 0.623. The molecule has 0 fully saturated rings. The van der Waals surface area contributed by atoms with Crippen LogP contribution in [0.5, 0.6) is 0 Å². The summed E-state index contributed by atoms with van der Waals surface area (Å²) in [6.07, 6.45) is 1.96. The van der Waals surface area contributed by atoms with Crippen LogP contribution in [0.2, 0.25) is 0 Å². The standard InChI is InChI=1S/C12H16N2S/c13-7-3-5-11(14)10-8-15-12-6-2-1-4-9(10)12/h1-2,4,6,8,11H,3,5,7,13-14H2. The Bertz CT molecular complexity index is 436. The van der Waals surface area contributed by atoms with Crippen molar-refractivity contribution in [1.29, 1.82) is 0 Å². The normalized spacial score (nSPS) is 13.2. The average molecular weight is 220 g/mol. The van der Waals surface area contributed by atoms with E-state index in [1.54, 1.807) is 11.3 Å². The van der Waals surface area contributed by atoms with Crippen molar-refractivity contribution in [3.05, 3.63) is 35.2 Å². The van der Waals surface area contributed by atoms with Gasteiger partial charge in [0.25, 0.3) is 0 Å². The first-order valence-corrected chi connectivity index (χ1v) is 6.12. The first-order chi connectivity index (χ1) is 7.33. The number of fused-ring (bicyclic) bond motifs is 1. The Balaban J connectivity index is 2.27. The van der Waals surface area contributed by atoms with Gasteiger partial charge in [0, 0.05) is 10.7 Å². The molecule has 1 heterocycles. The zero-order valence-electron chi connectivity index (χ0n) is 8.65. The molecule has 1 aromatic carbocycles.